The third-order valence-corrected chi connectivity index (χ3v) is 1.74. The van der Waals surface area contributed by atoms with Crippen molar-refractivity contribution in [2.45, 2.75) is 54.4 Å². The molecule has 108 valence electrons. The second-order valence-corrected chi connectivity index (χ2v) is 5.67. The Morgan fingerprint density at radius 2 is 1.33 bits per heavy atom. The molecule has 0 amide bonds. The maximum atomic E-state index is 10.9. The van der Waals surface area contributed by atoms with Crippen molar-refractivity contribution >= 4 is 11.9 Å². The van der Waals surface area contributed by atoms with Gasteiger partial charge in [0, 0.05) is 12.8 Å². The Balaban J connectivity index is 0. The summed E-state index contributed by atoms with van der Waals surface area (Å²) >= 11 is 0. The van der Waals surface area contributed by atoms with Gasteiger partial charge in [-0.15, -0.1) is 0 Å². The largest absolute Gasteiger partial charge is 0.481 e. The van der Waals surface area contributed by atoms with Gasteiger partial charge in [-0.1, -0.05) is 41.5 Å². The molecule has 0 rings (SSSR count). The number of carboxylic acids is 1. The first kappa shape index (κ1) is 19.3. The van der Waals surface area contributed by atoms with Crippen molar-refractivity contribution in [3.8, 4) is 0 Å². The summed E-state index contributed by atoms with van der Waals surface area (Å²) in [5, 5.41) is 8.08. The molecule has 0 saturated heterocycles. The lowest BCUT2D eigenvalue weighted by Gasteiger charge is -2.07. The molecular weight excluding hydrogens is 232 g/mol. The predicted molar refractivity (Wildman–Crippen MR) is 72.3 cm³/mol. The number of ether oxygens (including phenoxy) is 1. The second-order valence-electron chi connectivity index (χ2n) is 5.67. The fourth-order valence-electron chi connectivity index (χ4n) is 1.00. The summed E-state index contributed by atoms with van der Waals surface area (Å²) in [7, 11) is 0. The fourth-order valence-corrected chi connectivity index (χ4v) is 1.00. The minimum atomic E-state index is -0.713. The lowest BCUT2D eigenvalue weighted by Crippen LogP contribution is -2.11. The SMILES string of the molecule is CC(C)CC(=O)O.CC(C)COC(=O)CC(C)C. The summed E-state index contributed by atoms with van der Waals surface area (Å²) in [4.78, 5) is 20.7. The van der Waals surface area contributed by atoms with Crippen molar-refractivity contribution in [3.63, 3.8) is 0 Å². The van der Waals surface area contributed by atoms with Crippen molar-refractivity contribution in [1.29, 1.82) is 0 Å². The molecule has 0 saturated carbocycles. The number of hydrogen-bond acceptors (Lipinski definition) is 3. The molecule has 0 heterocycles. The summed E-state index contributed by atoms with van der Waals surface area (Å²) in [6, 6.07) is 0. The Bertz CT molecular complexity index is 232. The van der Waals surface area contributed by atoms with Crippen LogP contribution >= 0.6 is 0 Å². The number of carbonyl (C=O) groups is 2. The standard InChI is InChI=1S/C9H18O2.C5H10O2/c1-7(2)5-9(10)11-6-8(3)4;1-4(2)3-5(6)7/h7-8H,5-6H2,1-4H3;4H,3H2,1-2H3,(H,6,7). The summed E-state index contributed by atoms with van der Waals surface area (Å²) < 4.78 is 4.98. The van der Waals surface area contributed by atoms with E-state index in [2.05, 4.69) is 0 Å². The topological polar surface area (TPSA) is 63.6 Å². The van der Waals surface area contributed by atoms with Gasteiger partial charge in [-0.3, -0.25) is 9.59 Å². The van der Waals surface area contributed by atoms with Crippen LogP contribution in [0.1, 0.15) is 54.4 Å². The molecular formula is C14H28O4. The third kappa shape index (κ3) is 20.4. The molecule has 0 spiro atoms. The van der Waals surface area contributed by atoms with Crippen LogP contribution < -0.4 is 0 Å². The van der Waals surface area contributed by atoms with E-state index in [-0.39, 0.29) is 18.3 Å². The van der Waals surface area contributed by atoms with Gasteiger partial charge in [0.25, 0.3) is 0 Å². The summed E-state index contributed by atoms with van der Waals surface area (Å²) in [6.45, 7) is 12.4. The first-order valence-corrected chi connectivity index (χ1v) is 6.52. The Kier molecular flexibility index (Phi) is 11.8. The zero-order valence-corrected chi connectivity index (χ0v) is 12.5. The normalized spacial score (nSPS) is 10.3. The molecule has 0 aromatic carbocycles. The maximum Gasteiger partial charge on any atom is 0.306 e. The van der Waals surface area contributed by atoms with Gasteiger partial charge in [0.2, 0.25) is 0 Å². The van der Waals surface area contributed by atoms with Gasteiger partial charge >= 0.3 is 11.9 Å². The highest BCUT2D eigenvalue weighted by molar-refractivity contribution is 5.69. The summed E-state index contributed by atoms with van der Waals surface area (Å²) in [5.74, 6) is 0.321. The Labute approximate surface area is 111 Å². The van der Waals surface area contributed by atoms with Gasteiger partial charge in [-0.05, 0) is 17.8 Å². The van der Waals surface area contributed by atoms with Crippen molar-refractivity contribution in [2.24, 2.45) is 17.8 Å². The minimum absolute atomic E-state index is 0.0753. The van der Waals surface area contributed by atoms with E-state index in [9.17, 15) is 9.59 Å². The number of carboxylic acid groups (broad SMARTS) is 1. The van der Waals surface area contributed by atoms with E-state index in [0.29, 0.717) is 24.9 Å². The van der Waals surface area contributed by atoms with E-state index in [1.54, 1.807) is 0 Å². The molecule has 4 nitrogen and oxygen atoms in total. The molecule has 18 heavy (non-hydrogen) atoms. The highest BCUT2D eigenvalue weighted by Gasteiger charge is 2.06. The monoisotopic (exact) mass is 260 g/mol. The molecule has 0 fully saturated rings. The number of hydrogen-bond donors (Lipinski definition) is 1. The molecule has 0 aromatic heterocycles. The summed E-state index contributed by atoms with van der Waals surface area (Å²) in [6.07, 6.45) is 0.812. The molecule has 0 aliphatic carbocycles. The minimum Gasteiger partial charge on any atom is -0.481 e. The van der Waals surface area contributed by atoms with Crippen LogP contribution in [0.4, 0.5) is 0 Å². The number of esters is 1. The van der Waals surface area contributed by atoms with E-state index < -0.39 is 5.97 Å². The van der Waals surface area contributed by atoms with E-state index in [0.717, 1.165) is 0 Å². The van der Waals surface area contributed by atoms with E-state index >= 15 is 0 Å². The highest BCUT2D eigenvalue weighted by Crippen LogP contribution is 2.02. The molecule has 0 bridgehead atoms. The molecule has 4 heteroatoms. The number of rotatable bonds is 6. The molecule has 0 aliphatic heterocycles. The number of aliphatic carboxylic acids is 1. The molecule has 0 atom stereocenters. The lowest BCUT2D eigenvalue weighted by atomic mass is 10.1. The van der Waals surface area contributed by atoms with E-state index in [1.165, 1.54) is 0 Å². The molecule has 0 aliphatic rings. The predicted octanol–water partition coefficient (Wildman–Crippen LogP) is 3.35. The first-order valence-electron chi connectivity index (χ1n) is 6.52. The van der Waals surface area contributed by atoms with Crippen molar-refractivity contribution in [2.75, 3.05) is 6.61 Å². The van der Waals surface area contributed by atoms with Crippen LogP contribution in [-0.2, 0) is 14.3 Å². The lowest BCUT2D eigenvalue weighted by molar-refractivity contribution is -0.145. The molecule has 0 unspecified atom stereocenters. The van der Waals surface area contributed by atoms with Crippen molar-refractivity contribution in [3.05, 3.63) is 0 Å². The van der Waals surface area contributed by atoms with Crippen LogP contribution in [-0.4, -0.2) is 23.7 Å². The van der Waals surface area contributed by atoms with Gasteiger partial charge in [0.1, 0.15) is 0 Å². The molecule has 0 aromatic rings. The second kappa shape index (κ2) is 11.1. The van der Waals surface area contributed by atoms with E-state index in [1.807, 2.05) is 41.5 Å². The summed E-state index contributed by atoms with van der Waals surface area (Å²) in [5.41, 5.74) is 0. The molecule has 0 radical (unpaired) electrons. The van der Waals surface area contributed by atoms with Gasteiger partial charge in [-0.2, -0.15) is 0 Å². The maximum absolute atomic E-state index is 10.9. The highest BCUT2D eigenvalue weighted by atomic mass is 16.5. The third-order valence-electron chi connectivity index (χ3n) is 1.74. The Morgan fingerprint density at radius 1 is 0.889 bits per heavy atom. The zero-order valence-electron chi connectivity index (χ0n) is 12.5. The van der Waals surface area contributed by atoms with Gasteiger partial charge in [0.15, 0.2) is 0 Å². The van der Waals surface area contributed by atoms with Gasteiger partial charge in [-0.25, -0.2) is 0 Å². The Hall–Kier alpha value is -1.06. The average Bonchev–Trinajstić information content (AvgIpc) is 2.12. The van der Waals surface area contributed by atoms with Crippen molar-refractivity contribution < 1.29 is 19.4 Å². The number of carbonyl (C=O) groups excluding carboxylic acids is 1. The van der Waals surface area contributed by atoms with Crippen LogP contribution in [0.2, 0.25) is 0 Å². The van der Waals surface area contributed by atoms with Crippen LogP contribution in [0, 0.1) is 17.8 Å². The smallest absolute Gasteiger partial charge is 0.306 e. The zero-order chi connectivity index (χ0) is 14.7. The quantitative estimate of drug-likeness (QED) is 0.744. The van der Waals surface area contributed by atoms with Crippen LogP contribution in [0.3, 0.4) is 0 Å². The van der Waals surface area contributed by atoms with Crippen molar-refractivity contribution in [1.82, 2.24) is 0 Å². The fraction of sp³-hybridized carbons (Fsp3) is 0.857. The average molecular weight is 260 g/mol. The molecule has 1 N–H and O–H groups in total. The van der Waals surface area contributed by atoms with Gasteiger partial charge in [0.05, 0.1) is 6.61 Å². The van der Waals surface area contributed by atoms with E-state index in [4.69, 9.17) is 9.84 Å². The van der Waals surface area contributed by atoms with Crippen LogP contribution in [0.5, 0.6) is 0 Å². The van der Waals surface area contributed by atoms with Gasteiger partial charge < -0.3 is 9.84 Å². The van der Waals surface area contributed by atoms with Crippen LogP contribution in [0.15, 0.2) is 0 Å². The first-order chi connectivity index (χ1) is 8.15. The van der Waals surface area contributed by atoms with Crippen LogP contribution in [0.25, 0.3) is 0 Å². The Morgan fingerprint density at radius 3 is 1.56 bits per heavy atom.